The molecule has 1 amide bonds. The predicted molar refractivity (Wildman–Crippen MR) is 102 cm³/mol. The Labute approximate surface area is 155 Å². The molecular formula is C20H29N5O. The molecule has 2 N–H and O–H groups in total. The molecule has 0 bridgehead atoms. The molecule has 26 heavy (non-hydrogen) atoms. The van der Waals surface area contributed by atoms with Crippen molar-refractivity contribution >= 4 is 5.91 Å². The third kappa shape index (κ3) is 4.49. The predicted octanol–water partition coefficient (Wildman–Crippen LogP) is 3.03. The third-order valence-corrected chi connectivity index (χ3v) is 5.00. The van der Waals surface area contributed by atoms with Crippen LogP contribution in [0.15, 0.2) is 30.5 Å². The van der Waals surface area contributed by atoms with Crippen LogP contribution >= 0.6 is 0 Å². The lowest BCUT2D eigenvalue weighted by Gasteiger charge is -2.22. The summed E-state index contributed by atoms with van der Waals surface area (Å²) in [7, 11) is 0. The summed E-state index contributed by atoms with van der Waals surface area (Å²) in [5, 5.41) is 14.8. The van der Waals surface area contributed by atoms with Gasteiger partial charge in [-0.15, -0.1) is 5.10 Å². The number of piperidine rings is 1. The molecular weight excluding hydrogens is 326 g/mol. The fourth-order valence-electron chi connectivity index (χ4n) is 3.58. The summed E-state index contributed by atoms with van der Waals surface area (Å²) in [6.45, 7) is 8.39. The van der Waals surface area contributed by atoms with Crippen LogP contribution in [0.25, 0.3) is 0 Å². The van der Waals surface area contributed by atoms with E-state index in [4.69, 9.17) is 0 Å². The molecule has 1 saturated heterocycles. The molecule has 1 aliphatic heterocycles. The molecule has 1 aromatic carbocycles. The highest BCUT2D eigenvalue weighted by Gasteiger charge is 2.22. The van der Waals surface area contributed by atoms with Crippen molar-refractivity contribution in [3.63, 3.8) is 0 Å². The van der Waals surface area contributed by atoms with E-state index in [1.165, 1.54) is 11.1 Å². The number of rotatable bonds is 6. The van der Waals surface area contributed by atoms with Crippen LogP contribution in [-0.2, 0) is 0 Å². The molecule has 6 heteroatoms. The van der Waals surface area contributed by atoms with Crippen molar-refractivity contribution in [2.75, 3.05) is 13.1 Å². The minimum atomic E-state index is -0.154. The first-order chi connectivity index (χ1) is 12.5. The zero-order chi connectivity index (χ0) is 18.5. The zero-order valence-corrected chi connectivity index (χ0v) is 15.9. The molecule has 1 unspecified atom stereocenters. The van der Waals surface area contributed by atoms with Crippen LogP contribution in [0.5, 0.6) is 0 Å². The summed E-state index contributed by atoms with van der Waals surface area (Å²) in [6, 6.07) is 8.53. The summed E-state index contributed by atoms with van der Waals surface area (Å²) >= 11 is 0. The molecule has 0 saturated carbocycles. The van der Waals surface area contributed by atoms with Gasteiger partial charge in [0, 0.05) is 0 Å². The molecule has 1 aliphatic rings. The van der Waals surface area contributed by atoms with Gasteiger partial charge in [-0.25, -0.2) is 4.68 Å². The first-order valence-electron chi connectivity index (χ1n) is 9.53. The lowest BCUT2D eigenvalue weighted by atomic mass is 9.94. The second-order valence-corrected chi connectivity index (χ2v) is 7.58. The second-order valence-electron chi connectivity index (χ2n) is 7.58. The van der Waals surface area contributed by atoms with Crippen LogP contribution in [0.3, 0.4) is 0 Å². The monoisotopic (exact) mass is 355 g/mol. The third-order valence-electron chi connectivity index (χ3n) is 5.00. The first kappa shape index (κ1) is 18.6. The standard InChI is InChI=1S/C20H29N5O/c1-14(2)12-18(17-7-5-4-6-15(17)3)22-20(26)19-13-25(24-23-19)16-8-10-21-11-9-16/h4-7,13-14,16,18,21H,8-12H2,1-3H3,(H,22,26). The molecule has 0 radical (unpaired) electrons. The number of carbonyl (C=O) groups excluding carboxylic acids is 1. The van der Waals surface area contributed by atoms with E-state index in [9.17, 15) is 4.79 Å². The number of amides is 1. The van der Waals surface area contributed by atoms with Gasteiger partial charge in [0.25, 0.3) is 5.91 Å². The van der Waals surface area contributed by atoms with Gasteiger partial charge in [0.05, 0.1) is 18.3 Å². The number of benzene rings is 1. The largest absolute Gasteiger partial charge is 0.344 e. The van der Waals surface area contributed by atoms with E-state index in [0.29, 0.717) is 17.7 Å². The minimum Gasteiger partial charge on any atom is -0.344 e. The normalized spacial score (nSPS) is 16.6. The number of hydrogen-bond acceptors (Lipinski definition) is 4. The first-order valence-corrected chi connectivity index (χ1v) is 9.53. The molecule has 1 fully saturated rings. The molecule has 140 valence electrons. The highest BCUT2D eigenvalue weighted by Crippen LogP contribution is 2.24. The van der Waals surface area contributed by atoms with Crippen molar-refractivity contribution in [2.45, 2.75) is 52.1 Å². The Morgan fingerprint density at radius 1 is 1.31 bits per heavy atom. The van der Waals surface area contributed by atoms with E-state index in [1.807, 2.05) is 16.8 Å². The summed E-state index contributed by atoms with van der Waals surface area (Å²) in [5.41, 5.74) is 2.75. The van der Waals surface area contributed by atoms with E-state index >= 15 is 0 Å². The number of hydrogen-bond donors (Lipinski definition) is 2. The molecule has 2 heterocycles. The lowest BCUT2D eigenvalue weighted by Crippen LogP contribution is -2.30. The number of nitrogens with zero attached hydrogens (tertiary/aromatic N) is 3. The summed E-state index contributed by atoms with van der Waals surface area (Å²) in [4.78, 5) is 12.8. The average molecular weight is 355 g/mol. The molecule has 1 atom stereocenters. The van der Waals surface area contributed by atoms with Crippen LogP contribution in [0, 0.1) is 12.8 Å². The van der Waals surface area contributed by atoms with Gasteiger partial charge in [0.2, 0.25) is 0 Å². The van der Waals surface area contributed by atoms with Gasteiger partial charge in [0.15, 0.2) is 5.69 Å². The van der Waals surface area contributed by atoms with Crippen molar-refractivity contribution in [1.29, 1.82) is 0 Å². The van der Waals surface area contributed by atoms with Gasteiger partial charge >= 0.3 is 0 Å². The van der Waals surface area contributed by atoms with Crippen molar-refractivity contribution in [3.8, 4) is 0 Å². The van der Waals surface area contributed by atoms with Crippen molar-refractivity contribution in [2.24, 2.45) is 5.92 Å². The van der Waals surface area contributed by atoms with Crippen LogP contribution in [0.4, 0.5) is 0 Å². The van der Waals surface area contributed by atoms with Gasteiger partial charge in [-0.2, -0.15) is 0 Å². The summed E-state index contributed by atoms with van der Waals surface area (Å²) in [6.07, 6.45) is 4.71. The van der Waals surface area contributed by atoms with Gasteiger partial charge in [0.1, 0.15) is 0 Å². The topological polar surface area (TPSA) is 71.8 Å². The van der Waals surface area contributed by atoms with Gasteiger partial charge < -0.3 is 10.6 Å². The fraction of sp³-hybridized carbons (Fsp3) is 0.550. The van der Waals surface area contributed by atoms with E-state index in [-0.39, 0.29) is 11.9 Å². The molecule has 2 aromatic rings. The molecule has 1 aromatic heterocycles. The Balaban J connectivity index is 1.73. The van der Waals surface area contributed by atoms with Gasteiger partial charge in [-0.3, -0.25) is 4.79 Å². The Kier molecular flexibility index (Phi) is 6.04. The van der Waals surface area contributed by atoms with Crippen LogP contribution in [0.1, 0.15) is 66.8 Å². The number of carbonyl (C=O) groups is 1. The van der Waals surface area contributed by atoms with Crippen LogP contribution in [-0.4, -0.2) is 34.0 Å². The Bertz CT molecular complexity index is 733. The molecule has 3 rings (SSSR count). The number of aromatic nitrogens is 3. The molecule has 6 nitrogen and oxygen atoms in total. The van der Waals surface area contributed by atoms with E-state index in [1.54, 1.807) is 6.20 Å². The molecule has 0 aliphatic carbocycles. The fourth-order valence-corrected chi connectivity index (χ4v) is 3.58. The van der Waals surface area contributed by atoms with E-state index in [0.717, 1.165) is 32.4 Å². The highest BCUT2D eigenvalue weighted by molar-refractivity contribution is 5.92. The van der Waals surface area contributed by atoms with Gasteiger partial charge in [-0.05, 0) is 56.3 Å². The maximum absolute atomic E-state index is 12.8. The summed E-state index contributed by atoms with van der Waals surface area (Å²) < 4.78 is 1.85. The quantitative estimate of drug-likeness (QED) is 0.835. The van der Waals surface area contributed by atoms with E-state index in [2.05, 4.69) is 53.8 Å². The maximum atomic E-state index is 12.8. The van der Waals surface area contributed by atoms with Crippen molar-refractivity contribution < 1.29 is 4.79 Å². The van der Waals surface area contributed by atoms with Crippen LogP contribution in [0.2, 0.25) is 0 Å². The highest BCUT2D eigenvalue weighted by atomic mass is 16.2. The summed E-state index contributed by atoms with van der Waals surface area (Å²) in [5.74, 6) is 0.324. The maximum Gasteiger partial charge on any atom is 0.273 e. The SMILES string of the molecule is Cc1ccccc1C(CC(C)C)NC(=O)c1cn(C2CCNCC2)nn1. The van der Waals surface area contributed by atoms with Crippen molar-refractivity contribution in [1.82, 2.24) is 25.6 Å². The number of aryl methyl sites for hydroxylation is 1. The average Bonchev–Trinajstić information content (AvgIpc) is 3.12. The van der Waals surface area contributed by atoms with Crippen molar-refractivity contribution in [3.05, 3.63) is 47.3 Å². The smallest absolute Gasteiger partial charge is 0.273 e. The lowest BCUT2D eigenvalue weighted by molar-refractivity contribution is 0.0926. The van der Waals surface area contributed by atoms with E-state index < -0.39 is 0 Å². The Morgan fingerprint density at radius 3 is 2.73 bits per heavy atom. The second kappa shape index (κ2) is 8.45. The minimum absolute atomic E-state index is 0.0206. The Morgan fingerprint density at radius 2 is 2.04 bits per heavy atom. The zero-order valence-electron chi connectivity index (χ0n) is 15.9. The van der Waals surface area contributed by atoms with Crippen LogP contribution < -0.4 is 10.6 Å². The number of nitrogens with one attached hydrogen (secondary N) is 2. The molecule has 0 spiro atoms. The Hall–Kier alpha value is -2.21. The van der Waals surface area contributed by atoms with Gasteiger partial charge in [-0.1, -0.05) is 43.3 Å².